The first kappa shape index (κ1) is 10.4. The normalized spacial score (nSPS) is 14.2. The van der Waals surface area contributed by atoms with Crippen molar-refractivity contribution in [1.82, 2.24) is 9.88 Å². The molecule has 17 heavy (non-hydrogen) atoms. The lowest BCUT2D eigenvalue weighted by atomic mass is 10.1. The van der Waals surface area contributed by atoms with Gasteiger partial charge in [-0.15, -0.1) is 0 Å². The van der Waals surface area contributed by atoms with E-state index in [2.05, 4.69) is 11.4 Å². The molecule has 0 bridgehead atoms. The summed E-state index contributed by atoms with van der Waals surface area (Å²) in [6.07, 6.45) is 1.73. The van der Waals surface area contributed by atoms with Gasteiger partial charge in [-0.1, -0.05) is 0 Å². The summed E-state index contributed by atoms with van der Waals surface area (Å²) in [5.41, 5.74) is 3.92. The number of carbonyl (C=O) groups is 1. The third kappa shape index (κ3) is 1.45. The van der Waals surface area contributed by atoms with Crippen molar-refractivity contribution in [3.8, 4) is 0 Å². The largest absolute Gasteiger partial charge is 0.478 e. The van der Waals surface area contributed by atoms with Crippen molar-refractivity contribution < 1.29 is 9.90 Å². The highest BCUT2D eigenvalue weighted by atomic mass is 16.4. The minimum absolute atomic E-state index is 0.400. The fraction of sp³-hybridized carbons (Fsp3) is 0.308. The van der Waals surface area contributed by atoms with Crippen molar-refractivity contribution in [3.63, 3.8) is 0 Å². The number of carboxylic acids is 1. The van der Waals surface area contributed by atoms with Gasteiger partial charge in [-0.05, 0) is 30.2 Å². The number of rotatable bonds is 2. The van der Waals surface area contributed by atoms with Gasteiger partial charge >= 0.3 is 5.97 Å². The fourth-order valence-corrected chi connectivity index (χ4v) is 2.52. The molecule has 2 heterocycles. The van der Waals surface area contributed by atoms with E-state index in [1.165, 1.54) is 11.1 Å². The van der Waals surface area contributed by atoms with Gasteiger partial charge in [0.05, 0.1) is 5.56 Å². The molecule has 3 rings (SSSR count). The maximum atomic E-state index is 11.2. The summed E-state index contributed by atoms with van der Waals surface area (Å²) < 4.78 is 2.00. The molecular formula is C13H14N2O2. The molecule has 0 amide bonds. The monoisotopic (exact) mass is 230 g/mol. The van der Waals surface area contributed by atoms with Crippen LogP contribution in [-0.4, -0.2) is 15.6 Å². The zero-order valence-corrected chi connectivity index (χ0v) is 9.66. The van der Waals surface area contributed by atoms with E-state index >= 15 is 0 Å². The molecule has 0 saturated heterocycles. The molecular weight excluding hydrogens is 216 g/mol. The Bertz CT molecular complexity index is 613. The van der Waals surface area contributed by atoms with Crippen molar-refractivity contribution in [2.45, 2.75) is 26.6 Å². The lowest BCUT2D eigenvalue weighted by Crippen LogP contribution is -2.00. The van der Waals surface area contributed by atoms with Crippen LogP contribution in [0.4, 0.5) is 0 Å². The van der Waals surface area contributed by atoms with Crippen LogP contribution < -0.4 is 5.32 Å². The number of hydrogen-bond donors (Lipinski definition) is 2. The van der Waals surface area contributed by atoms with E-state index in [1.807, 2.05) is 17.6 Å². The van der Waals surface area contributed by atoms with Crippen molar-refractivity contribution in [2.75, 3.05) is 0 Å². The Balaban J connectivity index is 2.34. The number of benzene rings is 1. The van der Waals surface area contributed by atoms with E-state index in [-0.39, 0.29) is 0 Å². The first-order valence-corrected chi connectivity index (χ1v) is 5.79. The predicted molar refractivity (Wildman–Crippen MR) is 65.1 cm³/mol. The van der Waals surface area contributed by atoms with Crippen molar-refractivity contribution in [2.24, 2.45) is 0 Å². The quantitative estimate of drug-likeness (QED) is 0.829. The maximum Gasteiger partial charge on any atom is 0.337 e. The molecule has 0 radical (unpaired) electrons. The molecule has 2 aromatic rings. The second-order valence-corrected chi connectivity index (χ2v) is 4.38. The number of nitrogens with one attached hydrogen (secondary N) is 1. The zero-order valence-electron chi connectivity index (χ0n) is 9.66. The predicted octanol–water partition coefficient (Wildman–Crippen LogP) is 1.96. The molecule has 0 unspecified atom stereocenters. The van der Waals surface area contributed by atoms with Crippen LogP contribution in [0.15, 0.2) is 18.3 Å². The van der Waals surface area contributed by atoms with Gasteiger partial charge in [-0.25, -0.2) is 4.79 Å². The Hall–Kier alpha value is -1.81. The van der Waals surface area contributed by atoms with Crippen molar-refractivity contribution in [1.29, 1.82) is 0 Å². The molecule has 88 valence electrons. The maximum absolute atomic E-state index is 11.2. The summed E-state index contributed by atoms with van der Waals surface area (Å²) in [6, 6.07) is 4.13. The highest BCUT2D eigenvalue weighted by molar-refractivity contribution is 6.04. The molecule has 0 spiro atoms. The average Bonchev–Trinajstić information content (AvgIpc) is 2.88. The average molecular weight is 230 g/mol. The molecule has 0 saturated carbocycles. The molecule has 0 fully saturated rings. The third-order valence-electron chi connectivity index (χ3n) is 3.40. The number of hydrogen-bond acceptors (Lipinski definition) is 2. The summed E-state index contributed by atoms with van der Waals surface area (Å²) in [7, 11) is 0. The minimum Gasteiger partial charge on any atom is -0.478 e. The van der Waals surface area contributed by atoms with E-state index in [1.54, 1.807) is 6.20 Å². The van der Waals surface area contributed by atoms with Crippen LogP contribution in [0.25, 0.3) is 10.9 Å². The summed E-state index contributed by atoms with van der Waals surface area (Å²) in [5.74, 6) is -0.854. The van der Waals surface area contributed by atoms with E-state index in [4.69, 9.17) is 0 Å². The SMILES string of the molecule is CCn1cc(C(=O)O)c2cc3c(cc21)CNC3. The van der Waals surface area contributed by atoms with Gasteiger partial charge in [0, 0.05) is 36.7 Å². The van der Waals surface area contributed by atoms with Gasteiger partial charge in [0.25, 0.3) is 0 Å². The van der Waals surface area contributed by atoms with Crippen molar-refractivity contribution >= 4 is 16.9 Å². The fourth-order valence-electron chi connectivity index (χ4n) is 2.52. The van der Waals surface area contributed by atoms with Crippen LogP contribution in [0.3, 0.4) is 0 Å². The second kappa shape index (κ2) is 3.60. The van der Waals surface area contributed by atoms with Crippen LogP contribution >= 0.6 is 0 Å². The number of nitrogens with zero attached hydrogens (tertiary/aromatic N) is 1. The number of aryl methyl sites for hydroxylation is 1. The molecule has 1 aromatic carbocycles. The van der Waals surface area contributed by atoms with Gasteiger partial charge in [-0.3, -0.25) is 0 Å². The van der Waals surface area contributed by atoms with Gasteiger partial charge < -0.3 is 15.0 Å². The summed E-state index contributed by atoms with van der Waals surface area (Å²) in [6.45, 7) is 4.52. The Labute approximate surface area is 98.9 Å². The van der Waals surface area contributed by atoms with Gasteiger partial charge in [0.1, 0.15) is 0 Å². The van der Waals surface area contributed by atoms with Crippen molar-refractivity contribution in [3.05, 3.63) is 35.0 Å². The molecule has 4 nitrogen and oxygen atoms in total. The number of carboxylic acid groups (broad SMARTS) is 1. The number of fused-ring (bicyclic) bond motifs is 2. The smallest absolute Gasteiger partial charge is 0.337 e. The molecule has 0 aliphatic carbocycles. The van der Waals surface area contributed by atoms with Crippen LogP contribution in [0.2, 0.25) is 0 Å². The van der Waals surface area contributed by atoms with Gasteiger partial charge in [0.15, 0.2) is 0 Å². The van der Waals surface area contributed by atoms with Crippen LogP contribution in [-0.2, 0) is 19.6 Å². The summed E-state index contributed by atoms with van der Waals surface area (Å²) >= 11 is 0. The molecule has 1 aromatic heterocycles. The van der Waals surface area contributed by atoms with Crippen LogP contribution in [0.5, 0.6) is 0 Å². The molecule has 1 aliphatic heterocycles. The van der Waals surface area contributed by atoms with E-state index in [0.29, 0.717) is 5.56 Å². The lowest BCUT2D eigenvalue weighted by Gasteiger charge is -2.03. The third-order valence-corrected chi connectivity index (χ3v) is 3.40. The first-order valence-electron chi connectivity index (χ1n) is 5.79. The Morgan fingerprint density at radius 3 is 2.76 bits per heavy atom. The zero-order chi connectivity index (χ0) is 12.0. The Morgan fingerprint density at radius 1 is 1.41 bits per heavy atom. The highest BCUT2D eigenvalue weighted by Gasteiger charge is 2.18. The Morgan fingerprint density at radius 2 is 2.12 bits per heavy atom. The molecule has 0 atom stereocenters. The van der Waals surface area contributed by atoms with E-state index < -0.39 is 5.97 Å². The first-order chi connectivity index (χ1) is 8.20. The van der Waals surface area contributed by atoms with Crippen LogP contribution in [0, 0.1) is 0 Å². The molecule has 2 N–H and O–H groups in total. The summed E-state index contributed by atoms with van der Waals surface area (Å²) in [4.78, 5) is 11.2. The minimum atomic E-state index is -0.854. The summed E-state index contributed by atoms with van der Waals surface area (Å²) in [5, 5.41) is 13.3. The number of aromatic nitrogens is 1. The van der Waals surface area contributed by atoms with Gasteiger partial charge in [-0.2, -0.15) is 0 Å². The molecule has 4 heteroatoms. The standard InChI is InChI=1S/C13H14N2O2/c1-2-15-7-11(13(16)17)10-3-8-5-14-6-9(8)4-12(10)15/h3-4,7,14H,2,5-6H2,1H3,(H,16,17). The second-order valence-electron chi connectivity index (χ2n) is 4.38. The van der Waals surface area contributed by atoms with Gasteiger partial charge in [0.2, 0.25) is 0 Å². The van der Waals surface area contributed by atoms with E-state index in [0.717, 1.165) is 30.5 Å². The lowest BCUT2D eigenvalue weighted by molar-refractivity contribution is 0.0699. The van der Waals surface area contributed by atoms with E-state index in [9.17, 15) is 9.90 Å². The number of aromatic carboxylic acids is 1. The molecule has 1 aliphatic rings. The highest BCUT2D eigenvalue weighted by Crippen LogP contribution is 2.27. The Kier molecular flexibility index (Phi) is 2.19. The topological polar surface area (TPSA) is 54.3 Å². The van der Waals surface area contributed by atoms with Crippen LogP contribution in [0.1, 0.15) is 28.4 Å².